The van der Waals surface area contributed by atoms with E-state index in [9.17, 15) is 18.8 Å². The molecule has 1 N–H and O–H groups in total. The molecule has 0 aliphatic carbocycles. The third kappa shape index (κ3) is 4.31. The van der Waals surface area contributed by atoms with Gasteiger partial charge in [-0.05, 0) is 49.7 Å². The Morgan fingerprint density at radius 2 is 1.85 bits per heavy atom. The number of amides is 2. The number of anilines is 2. The molecule has 0 radical (unpaired) electrons. The lowest BCUT2D eigenvalue weighted by Crippen LogP contribution is -2.31. The first kappa shape index (κ1) is 18.6. The van der Waals surface area contributed by atoms with Crippen molar-refractivity contribution in [2.24, 2.45) is 0 Å². The van der Waals surface area contributed by atoms with E-state index in [-0.39, 0.29) is 11.5 Å². The van der Waals surface area contributed by atoms with Crippen molar-refractivity contribution in [1.29, 1.82) is 0 Å². The highest BCUT2D eigenvalue weighted by molar-refractivity contribution is 6.04. The second kappa shape index (κ2) is 7.99. The molecule has 1 heterocycles. The van der Waals surface area contributed by atoms with E-state index in [0.29, 0.717) is 24.3 Å². The van der Waals surface area contributed by atoms with Crippen LogP contribution in [0.15, 0.2) is 48.5 Å². The Morgan fingerprint density at radius 3 is 2.52 bits per heavy atom. The smallest absolute Gasteiger partial charge is 0.341 e. The number of carbonyl (C=O) groups is 3. The highest BCUT2D eigenvalue weighted by Crippen LogP contribution is 2.26. The molecule has 3 rings (SSSR count). The summed E-state index contributed by atoms with van der Waals surface area (Å²) in [6.07, 6.45) is 0.114. The zero-order chi connectivity index (χ0) is 19.4. The van der Waals surface area contributed by atoms with Crippen molar-refractivity contribution in [3.63, 3.8) is 0 Å². The van der Waals surface area contributed by atoms with Crippen LogP contribution >= 0.6 is 0 Å². The fourth-order valence-electron chi connectivity index (χ4n) is 2.84. The Hall–Kier alpha value is -3.22. The van der Waals surface area contributed by atoms with Crippen LogP contribution in [0.3, 0.4) is 0 Å². The molecule has 0 saturated carbocycles. The van der Waals surface area contributed by atoms with Crippen molar-refractivity contribution < 1.29 is 23.5 Å². The lowest BCUT2D eigenvalue weighted by molar-refractivity contribution is -0.123. The predicted molar refractivity (Wildman–Crippen MR) is 97.9 cm³/mol. The molecule has 0 unspecified atom stereocenters. The second-order valence-electron chi connectivity index (χ2n) is 6.21. The molecule has 0 spiro atoms. The van der Waals surface area contributed by atoms with Crippen molar-refractivity contribution >= 4 is 29.2 Å². The Balaban J connectivity index is 1.69. The first-order valence-electron chi connectivity index (χ1n) is 8.62. The number of nitrogens with zero attached hydrogens (tertiary/aromatic N) is 1. The molecule has 1 atom stereocenters. The van der Waals surface area contributed by atoms with Crippen molar-refractivity contribution in [1.82, 2.24) is 0 Å². The van der Waals surface area contributed by atoms with E-state index in [4.69, 9.17) is 4.74 Å². The normalized spacial score (nSPS) is 14.7. The van der Waals surface area contributed by atoms with E-state index in [1.807, 2.05) is 0 Å². The summed E-state index contributed by atoms with van der Waals surface area (Å²) in [5.74, 6) is -1.69. The van der Waals surface area contributed by atoms with Crippen molar-refractivity contribution in [3.05, 3.63) is 59.9 Å². The van der Waals surface area contributed by atoms with Crippen molar-refractivity contribution in [2.75, 3.05) is 16.8 Å². The first-order valence-corrected chi connectivity index (χ1v) is 8.62. The average Bonchev–Trinajstić information content (AvgIpc) is 3.09. The standard InChI is InChI=1S/C20H19FN2O4/c1-13(19(25)22-15-10-8-14(21)9-11-15)27-20(26)16-5-2-3-6-17(16)23-12-4-7-18(23)24/h2-3,5-6,8-11,13H,4,7,12H2,1H3,(H,22,25)/t13-/m1/s1. The van der Waals surface area contributed by atoms with Gasteiger partial charge in [0.05, 0.1) is 11.3 Å². The maximum absolute atomic E-state index is 12.9. The van der Waals surface area contributed by atoms with E-state index in [1.54, 1.807) is 29.2 Å². The fourth-order valence-corrected chi connectivity index (χ4v) is 2.84. The van der Waals surface area contributed by atoms with Gasteiger partial charge in [0.2, 0.25) is 5.91 Å². The molecule has 1 aliphatic heterocycles. The van der Waals surface area contributed by atoms with Gasteiger partial charge in [-0.25, -0.2) is 9.18 Å². The van der Waals surface area contributed by atoms with Crippen molar-refractivity contribution in [3.8, 4) is 0 Å². The molecule has 1 aliphatic rings. The van der Waals surface area contributed by atoms with Gasteiger partial charge in [0, 0.05) is 18.7 Å². The van der Waals surface area contributed by atoms with Crippen LogP contribution in [0.1, 0.15) is 30.1 Å². The van der Waals surface area contributed by atoms with Crippen LogP contribution in [-0.4, -0.2) is 30.4 Å². The zero-order valence-corrected chi connectivity index (χ0v) is 14.8. The molecule has 7 heteroatoms. The minimum absolute atomic E-state index is 0.0441. The molecular formula is C20H19FN2O4. The Bertz CT molecular complexity index is 867. The van der Waals surface area contributed by atoms with Gasteiger partial charge >= 0.3 is 5.97 Å². The lowest BCUT2D eigenvalue weighted by atomic mass is 10.1. The topological polar surface area (TPSA) is 75.7 Å². The summed E-state index contributed by atoms with van der Waals surface area (Å²) in [6, 6.07) is 11.9. The summed E-state index contributed by atoms with van der Waals surface area (Å²) in [7, 11) is 0. The summed E-state index contributed by atoms with van der Waals surface area (Å²) < 4.78 is 18.2. The third-order valence-electron chi connectivity index (χ3n) is 4.25. The Kier molecular flexibility index (Phi) is 5.49. The minimum atomic E-state index is -1.06. The number of halogens is 1. The summed E-state index contributed by atoms with van der Waals surface area (Å²) in [5, 5.41) is 2.56. The van der Waals surface area contributed by atoms with E-state index in [1.165, 1.54) is 31.2 Å². The molecule has 6 nitrogen and oxygen atoms in total. The molecule has 2 aromatic carbocycles. The quantitative estimate of drug-likeness (QED) is 0.821. The monoisotopic (exact) mass is 370 g/mol. The predicted octanol–water partition coefficient (Wildman–Crippen LogP) is 3.14. The summed E-state index contributed by atoms with van der Waals surface area (Å²) in [6.45, 7) is 1.99. The molecular weight excluding hydrogens is 351 g/mol. The number of carbonyl (C=O) groups excluding carboxylic acids is 3. The van der Waals surface area contributed by atoms with Gasteiger partial charge in [0.25, 0.3) is 5.91 Å². The third-order valence-corrected chi connectivity index (χ3v) is 4.25. The zero-order valence-electron chi connectivity index (χ0n) is 14.8. The summed E-state index contributed by atoms with van der Waals surface area (Å²) in [5.41, 5.74) is 1.11. The van der Waals surface area contributed by atoms with Gasteiger partial charge in [-0.3, -0.25) is 9.59 Å². The molecule has 1 fully saturated rings. The van der Waals surface area contributed by atoms with Crippen LogP contribution in [0, 0.1) is 5.82 Å². The number of para-hydroxylation sites is 1. The number of esters is 1. The molecule has 140 valence electrons. The van der Waals surface area contributed by atoms with E-state index < -0.39 is 23.8 Å². The van der Waals surface area contributed by atoms with Gasteiger partial charge in [-0.2, -0.15) is 0 Å². The fraction of sp³-hybridized carbons (Fsp3) is 0.250. The van der Waals surface area contributed by atoms with Gasteiger partial charge < -0.3 is 15.0 Å². The number of hydrogen-bond donors (Lipinski definition) is 1. The van der Waals surface area contributed by atoms with Crippen LogP contribution in [0.4, 0.5) is 15.8 Å². The highest BCUT2D eigenvalue weighted by Gasteiger charge is 2.27. The van der Waals surface area contributed by atoms with Crippen molar-refractivity contribution in [2.45, 2.75) is 25.9 Å². The summed E-state index contributed by atoms with van der Waals surface area (Å²) in [4.78, 5) is 38.3. The summed E-state index contributed by atoms with van der Waals surface area (Å²) >= 11 is 0. The largest absolute Gasteiger partial charge is 0.449 e. The number of rotatable bonds is 5. The highest BCUT2D eigenvalue weighted by atomic mass is 19.1. The van der Waals surface area contributed by atoms with Crippen LogP contribution in [0.25, 0.3) is 0 Å². The number of ether oxygens (including phenoxy) is 1. The van der Waals surface area contributed by atoms with Crippen LogP contribution in [0.2, 0.25) is 0 Å². The maximum Gasteiger partial charge on any atom is 0.341 e. The molecule has 0 aromatic heterocycles. The number of benzene rings is 2. The van der Waals surface area contributed by atoms with Crippen LogP contribution < -0.4 is 10.2 Å². The SMILES string of the molecule is C[C@@H](OC(=O)c1ccccc1N1CCCC1=O)C(=O)Nc1ccc(F)cc1. The Morgan fingerprint density at radius 1 is 1.15 bits per heavy atom. The Labute approximate surface area is 155 Å². The molecule has 1 saturated heterocycles. The molecule has 27 heavy (non-hydrogen) atoms. The van der Waals surface area contributed by atoms with E-state index >= 15 is 0 Å². The van der Waals surface area contributed by atoms with Gasteiger partial charge in [-0.1, -0.05) is 12.1 Å². The molecule has 2 amide bonds. The van der Waals surface area contributed by atoms with Gasteiger partial charge in [0.1, 0.15) is 5.82 Å². The molecule has 2 aromatic rings. The van der Waals surface area contributed by atoms with Crippen LogP contribution in [-0.2, 0) is 14.3 Å². The lowest BCUT2D eigenvalue weighted by Gasteiger charge is -2.20. The average molecular weight is 370 g/mol. The van der Waals surface area contributed by atoms with Gasteiger partial charge in [0.15, 0.2) is 6.10 Å². The van der Waals surface area contributed by atoms with E-state index in [2.05, 4.69) is 5.32 Å². The maximum atomic E-state index is 12.9. The van der Waals surface area contributed by atoms with E-state index in [0.717, 1.165) is 6.42 Å². The first-order chi connectivity index (χ1) is 13.0. The molecule has 0 bridgehead atoms. The van der Waals surface area contributed by atoms with Gasteiger partial charge in [-0.15, -0.1) is 0 Å². The van der Waals surface area contributed by atoms with Crippen LogP contribution in [0.5, 0.6) is 0 Å². The second-order valence-corrected chi connectivity index (χ2v) is 6.21. The minimum Gasteiger partial charge on any atom is -0.449 e. The number of hydrogen-bond acceptors (Lipinski definition) is 4. The number of nitrogens with one attached hydrogen (secondary N) is 1.